The van der Waals surface area contributed by atoms with E-state index >= 15 is 0 Å². The average molecular weight is 266 g/mol. The molecule has 0 radical (unpaired) electrons. The maximum Gasteiger partial charge on any atom is 0.244 e. The van der Waals surface area contributed by atoms with Gasteiger partial charge in [-0.15, -0.1) is 0 Å². The third kappa shape index (κ3) is 3.31. The van der Waals surface area contributed by atoms with Gasteiger partial charge < -0.3 is 20.4 Å². The normalized spacial score (nSPS) is 28.1. The molecule has 1 saturated heterocycles. The van der Waals surface area contributed by atoms with Crippen molar-refractivity contribution >= 4 is 5.84 Å². The summed E-state index contributed by atoms with van der Waals surface area (Å²) in [4.78, 5) is 8.11. The summed E-state index contributed by atoms with van der Waals surface area (Å²) < 4.78 is 11.5. The molecule has 7 nitrogen and oxygen atoms in total. The van der Waals surface area contributed by atoms with Crippen molar-refractivity contribution in [2.75, 3.05) is 0 Å². The van der Waals surface area contributed by atoms with E-state index in [4.69, 9.17) is 20.4 Å². The Morgan fingerprint density at radius 2 is 2.00 bits per heavy atom. The van der Waals surface area contributed by atoms with Gasteiger partial charge in [-0.05, 0) is 13.8 Å². The summed E-state index contributed by atoms with van der Waals surface area (Å²) in [6.07, 6.45) is 4.79. The number of amidine groups is 1. The molecule has 7 heteroatoms. The minimum atomic E-state index is -0.115. The first-order valence-electron chi connectivity index (χ1n) is 6.21. The molecule has 1 aliphatic heterocycles. The second-order valence-corrected chi connectivity index (χ2v) is 4.66. The van der Waals surface area contributed by atoms with Crippen molar-refractivity contribution in [1.29, 1.82) is 0 Å². The van der Waals surface area contributed by atoms with Crippen LogP contribution in [0.4, 0.5) is 0 Å². The van der Waals surface area contributed by atoms with Crippen LogP contribution >= 0.6 is 0 Å². The van der Waals surface area contributed by atoms with E-state index in [0.29, 0.717) is 0 Å². The molecule has 2 rings (SSSR count). The van der Waals surface area contributed by atoms with Crippen LogP contribution in [0.15, 0.2) is 17.5 Å². The lowest BCUT2D eigenvalue weighted by Gasteiger charge is -2.32. The first-order valence-corrected chi connectivity index (χ1v) is 6.21. The molecule has 1 aromatic heterocycles. The topological polar surface area (TPSA) is 103 Å². The molecular weight excluding hydrogens is 248 g/mol. The number of rotatable bonds is 3. The minimum Gasteiger partial charge on any atom is -0.473 e. The zero-order chi connectivity index (χ0) is 13.8. The van der Waals surface area contributed by atoms with Gasteiger partial charge in [-0.2, -0.15) is 0 Å². The number of aromatic nitrogens is 2. The van der Waals surface area contributed by atoms with Gasteiger partial charge >= 0.3 is 0 Å². The van der Waals surface area contributed by atoms with Gasteiger partial charge in [-0.3, -0.25) is 0 Å². The SMILES string of the molecule is CC1CC(Oc2nccnc2C(N)=NO)CC(C)O1. The molecule has 19 heavy (non-hydrogen) atoms. The van der Waals surface area contributed by atoms with E-state index in [0.717, 1.165) is 12.8 Å². The van der Waals surface area contributed by atoms with Crippen LogP contribution in [0.1, 0.15) is 32.4 Å². The molecule has 2 unspecified atom stereocenters. The van der Waals surface area contributed by atoms with Crippen LogP contribution in [0.3, 0.4) is 0 Å². The van der Waals surface area contributed by atoms with Crippen LogP contribution in [-0.4, -0.2) is 39.3 Å². The summed E-state index contributed by atoms with van der Waals surface area (Å²) in [5.74, 6) is 0.167. The molecule has 2 heterocycles. The van der Waals surface area contributed by atoms with Gasteiger partial charge in [-0.25, -0.2) is 9.97 Å². The molecule has 0 spiro atoms. The number of hydrogen-bond donors (Lipinski definition) is 2. The zero-order valence-corrected chi connectivity index (χ0v) is 11.0. The predicted molar refractivity (Wildman–Crippen MR) is 68.2 cm³/mol. The monoisotopic (exact) mass is 266 g/mol. The van der Waals surface area contributed by atoms with Crippen molar-refractivity contribution < 1.29 is 14.7 Å². The number of nitrogens with zero attached hydrogens (tertiary/aromatic N) is 3. The molecule has 104 valence electrons. The second-order valence-electron chi connectivity index (χ2n) is 4.66. The van der Waals surface area contributed by atoms with Crippen LogP contribution < -0.4 is 10.5 Å². The minimum absolute atomic E-state index is 0.0132. The third-order valence-electron chi connectivity index (χ3n) is 2.95. The van der Waals surface area contributed by atoms with Gasteiger partial charge in [0.25, 0.3) is 0 Å². The Labute approximate surface area is 111 Å². The molecule has 0 amide bonds. The van der Waals surface area contributed by atoms with E-state index < -0.39 is 0 Å². The summed E-state index contributed by atoms with van der Waals surface area (Å²) in [6.45, 7) is 4.01. The van der Waals surface area contributed by atoms with Gasteiger partial charge in [0, 0.05) is 25.2 Å². The van der Waals surface area contributed by atoms with Gasteiger partial charge in [0.1, 0.15) is 6.10 Å². The van der Waals surface area contributed by atoms with E-state index in [-0.39, 0.29) is 35.7 Å². The van der Waals surface area contributed by atoms with E-state index in [1.54, 1.807) is 0 Å². The molecule has 0 bridgehead atoms. The van der Waals surface area contributed by atoms with Crippen molar-refractivity contribution in [2.24, 2.45) is 10.9 Å². The quantitative estimate of drug-likeness (QED) is 0.365. The maximum absolute atomic E-state index is 8.72. The largest absolute Gasteiger partial charge is 0.473 e. The number of oxime groups is 1. The van der Waals surface area contributed by atoms with Crippen molar-refractivity contribution in [1.82, 2.24) is 9.97 Å². The highest BCUT2D eigenvalue weighted by Gasteiger charge is 2.27. The van der Waals surface area contributed by atoms with Crippen LogP contribution in [0.25, 0.3) is 0 Å². The third-order valence-corrected chi connectivity index (χ3v) is 2.95. The van der Waals surface area contributed by atoms with E-state index in [1.165, 1.54) is 12.4 Å². The summed E-state index contributed by atoms with van der Waals surface area (Å²) in [5, 5.41) is 11.7. The first kappa shape index (κ1) is 13.5. The lowest BCUT2D eigenvalue weighted by molar-refractivity contribution is -0.0730. The van der Waals surface area contributed by atoms with Crippen molar-refractivity contribution in [2.45, 2.75) is 45.0 Å². The molecule has 0 aliphatic carbocycles. The lowest BCUT2D eigenvalue weighted by Crippen LogP contribution is -2.36. The molecule has 1 aromatic rings. The standard InChI is InChI=1S/C12H18N4O3/c1-7-5-9(6-8(2)18-7)19-12-10(11(13)16-17)14-3-4-15-12/h3-4,7-9,17H,5-6H2,1-2H3,(H2,13,16). The summed E-state index contributed by atoms with van der Waals surface area (Å²) >= 11 is 0. The molecule has 0 saturated carbocycles. The first-order chi connectivity index (χ1) is 9.10. The molecule has 1 aliphatic rings. The van der Waals surface area contributed by atoms with Crippen LogP contribution in [0.2, 0.25) is 0 Å². The fourth-order valence-electron chi connectivity index (χ4n) is 2.23. The van der Waals surface area contributed by atoms with Crippen molar-refractivity contribution in [3.05, 3.63) is 18.1 Å². The van der Waals surface area contributed by atoms with Crippen molar-refractivity contribution in [3.63, 3.8) is 0 Å². The number of ether oxygens (including phenoxy) is 2. The predicted octanol–water partition coefficient (Wildman–Crippen LogP) is 0.906. The van der Waals surface area contributed by atoms with Crippen LogP contribution in [0, 0.1) is 0 Å². The molecule has 2 atom stereocenters. The number of hydrogen-bond acceptors (Lipinski definition) is 6. The molecule has 3 N–H and O–H groups in total. The highest BCUT2D eigenvalue weighted by atomic mass is 16.5. The second kappa shape index (κ2) is 5.83. The highest BCUT2D eigenvalue weighted by molar-refractivity contribution is 5.97. The Hall–Kier alpha value is -1.89. The lowest BCUT2D eigenvalue weighted by atomic mass is 10.0. The summed E-state index contributed by atoms with van der Waals surface area (Å²) in [5.41, 5.74) is 5.79. The van der Waals surface area contributed by atoms with Crippen LogP contribution in [0.5, 0.6) is 5.88 Å². The average Bonchev–Trinajstić information content (AvgIpc) is 2.37. The fourth-order valence-corrected chi connectivity index (χ4v) is 2.23. The van der Waals surface area contributed by atoms with Gasteiger partial charge in [-0.1, -0.05) is 5.16 Å². The number of nitrogens with two attached hydrogens (primary N) is 1. The van der Waals surface area contributed by atoms with Crippen LogP contribution in [-0.2, 0) is 4.74 Å². The summed E-state index contributed by atoms with van der Waals surface area (Å²) in [7, 11) is 0. The Morgan fingerprint density at radius 1 is 1.37 bits per heavy atom. The smallest absolute Gasteiger partial charge is 0.244 e. The zero-order valence-electron chi connectivity index (χ0n) is 11.0. The van der Waals surface area contributed by atoms with E-state index in [1.807, 2.05) is 13.8 Å². The molecule has 0 aromatic carbocycles. The highest BCUT2D eigenvalue weighted by Crippen LogP contribution is 2.24. The van der Waals surface area contributed by atoms with E-state index in [9.17, 15) is 0 Å². The van der Waals surface area contributed by atoms with E-state index in [2.05, 4.69) is 15.1 Å². The Bertz CT molecular complexity index is 456. The van der Waals surface area contributed by atoms with Gasteiger partial charge in [0.2, 0.25) is 5.88 Å². The summed E-state index contributed by atoms with van der Waals surface area (Å²) in [6, 6.07) is 0. The Kier molecular flexibility index (Phi) is 4.16. The van der Waals surface area contributed by atoms with Gasteiger partial charge in [0.15, 0.2) is 11.5 Å². The molecule has 1 fully saturated rings. The van der Waals surface area contributed by atoms with Crippen molar-refractivity contribution in [3.8, 4) is 5.88 Å². The maximum atomic E-state index is 8.72. The Morgan fingerprint density at radius 3 is 2.63 bits per heavy atom. The Balaban J connectivity index is 2.15. The van der Waals surface area contributed by atoms with Gasteiger partial charge in [0.05, 0.1) is 12.2 Å². The molecular formula is C12H18N4O3. The fraction of sp³-hybridized carbons (Fsp3) is 0.583.